The molecule has 0 aromatic heterocycles. The third-order valence-corrected chi connectivity index (χ3v) is 4.46. The standard InChI is InChI=1S/C20H18FN3O2/c1-14-12-24(18-7-5-15(11-22)6-8-18)20(26)13-23(14)19(25)10-16-3-2-4-17(21)9-16/h2-9,14H,10,12-13H2,1H3. The Balaban J connectivity index is 1.70. The maximum atomic E-state index is 13.3. The molecular weight excluding hydrogens is 333 g/mol. The number of nitrogens with zero attached hydrogens (tertiary/aromatic N) is 3. The van der Waals surface area contributed by atoms with Gasteiger partial charge in [0.1, 0.15) is 12.4 Å². The second kappa shape index (κ2) is 7.36. The highest BCUT2D eigenvalue weighted by molar-refractivity contribution is 5.98. The molecule has 1 aliphatic rings. The molecule has 26 heavy (non-hydrogen) atoms. The summed E-state index contributed by atoms with van der Waals surface area (Å²) in [7, 11) is 0. The molecule has 2 aromatic carbocycles. The highest BCUT2D eigenvalue weighted by atomic mass is 19.1. The van der Waals surface area contributed by atoms with E-state index in [0.717, 1.165) is 0 Å². The monoisotopic (exact) mass is 351 g/mol. The Morgan fingerprint density at radius 1 is 1.27 bits per heavy atom. The Morgan fingerprint density at radius 3 is 2.65 bits per heavy atom. The second-order valence-corrected chi connectivity index (χ2v) is 6.34. The predicted octanol–water partition coefficient (Wildman–Crippen LogP) is 2.50. The second-order valence-electron chi connectivity index (χ2n) is 6.34. The Morgan fingerprint density at radius 2 is 2.00 bits per heavy atom. The normalized spacial score (nSPS) is 17.1. The van der Waals surface area contributed by atoms with Crippen LogP contribution in [0.5, 0.6) is 0 Å². The molecule has 1 unspecified atom stereocenters. The lowest BCUT2D eigenvalue weighted by Gasteiger charge is -2.39. The van der Waals surface area contributed by atoms with E-state index in [-0.39, 0.29) is 36.6 Å². The van der Waals surface area contributed by atoms with Gasteiger partial charge in [0.2, 0.25) is 11.8 Å². The van der Waals surface area contributed by atoms with Crippen LogP contribution in [-0.2, 0) is 16.0 Å². The molecule has 0 saturated carbocycles. The summed E-state index contributed by atoms with van der Waals surface area (Å²) in [5.74, 6) is -0.763. The third-order valence-electron chi connectivity index (χ3n) is 4.46. The molecular formula is C20H18FN3O2. The van der Waals surface area contributed by atoms with Gasteiger partial charge in [0.25, 0.3) is 0 Å². The topological polar surface area (TPSA) is 64.4 Å². The number of halogens is 1. The van der Waals surface area contributed by atoms with Gasteiger partial charge in [-0.05, 0) is 48.9 Å². The molecule has 1 aliphatic heterocycles. The van der Waals surface area contributed by atoms with Gasteiger partial charge in [-0.3, -0.25) is 9.59 Å². The summed E-state index contributed by atoms with van der Waals surface area (Å²) in [4.78, 5) is 28.2. The molecule has 1 fully saturated rings. The maximum Gasteiger partial charge on any atom is 0.246 e. The van der Waals surface area contributed by atoms with Gasteiger partial charge in [-0.1, -0.05) is 12.1 Å². The fourth-order valence-corrected chi connectivity index (χ4v) is 3.07. The number of carbonyl (C=O) groups excluding carboxylic acids is 2. The maximum absolute atomic E-state index is 13.3. The Kier molecular flexibility index (Phi) is 4.99. The lowest BCUT2D eigenvalue weighted by atomic mass is 10.1. The van der Waals surface area contributed by atoms with Crippen LogP contribution < -0.4 is 4.90 Å². The minimum atomic E-state index is -0.384. The fraction of sp³-hybridized carbons (Fsp3) is 0.250. The molecule has 2 amide bonds. The van der Waals surface area contributed by atoms with Crippen molar-refractivity contribution in [1.82, 2.24) is 4.90 Å². The molecule has 0 N–H and O–H groups in total. The zero-order valence-electron chi connectivity index (χ0n) is 14.4. The van der Waals surface area contributed by atoms with Crippen LogP contribution in [0.3, 0.4) is 0 Å². The Bertz CT molecular complexity index is 873. The van der Waals surface area contributed by atoms with Crippen LogP contribution in [-0.4, -0.2) is 35.8 Å². The van der Waals surface area contributed by atoms with Gasteiger partial charge in [0.05, 0.1) is 18.1 Å². The number of benzene rings is 2. The minimum absolute atomic E-state index is 0.0185. The van der Waals surface area contributed by atoms with Crippen molar-refractivity contribution in [3.8, 4) is 6.07 Å². The van der Waals surface area contributed by atoms with E-state index in [4.69, 9.17) is 5.26 Å². The Hall–Kier alpha value is -3.20. The van der Waals surface area contributed by atoms with Gasteiger partial charge < -0.3 is 9.80 Å². The van der Waals surface area contributed by atoms with Gasteiger partial charge >= 0.3 is 0 Å². The fourth-order valence-electron chi connectivity index (χ4n) is 3.07. The molecule has 1 atom stereocenters. The van der Waals surface area contributed by atoms with Gasteiger partial charge in [0, 0.05) is 18.3 Å². The quantitative estimate of drug-likeness (QED) is 0.853. The number of amides is 2. The minimum Gasteiger partial charge on any atom is -0.329 e. The predicted molar refractivity (Wildman–Crippen MR) is 94.8 cm³/mol. The molecule has 2 aromatic rings. The van der Waals surface area contributed by atoms with Crippen molar-refractivity contribution < 1.29 is 14.0 Å². The Labute approximate surface area is 151 Å². The first-order valence-electron chi connectivity index (χ1n) is 8.32. The highest BCUT2D eigenvalue weighted by Gasteiger charge is 2.33. The van der Waals surface area contributed by atoms with E-state index >= 15 is 0 Å². The number of hydrogen-bond acceptors (Lipinski definition) is 3. The van der Waals surface area contributed by atoms with Crippen LogP contribution >= 0.6 is 0 Å². The highest BCUT2D eigenvalue weighted by Crippen LogP contribution is 2.21. The number of hydrogen-bond donors (Lipinski definition) is 0. The van der Waals surface area contributed by atoms with Crippen LogP contribution in [0.1, 0.15) is 18.1 Å². The summed E-state index contributed by atoms with van der Waals surface area (Å²) < 4.78 is 13.3. The zero-order valence-corrected chi connectivity index (χ0v) is 14.4. The first-order valence-corrected chi connectivity index (χ1v) is 8.32. The van der Waals surface area contributed by atoms with Crippen LogP contribution in [0.2, 0.25) is 0 Å². The van der Waals surface area contributed by atoms with E-state index in [0.29, 0.717) is 23.4 Å². The molecule has 1 heterocycles. The zero-order chi connectivity index (χ0) is 18.7. The lowest BCUT2D eigenvalue weighted by Crippen LogP contribution is -2.57. The van der Waals surface area contributed by atoms with Crippen LogP contribution in [0.25, 0.3) is 0 Å². The van der Waals surface area contributed by atoms with Crippen molar-refractivity contribution in [3.63, 3.8) is 0 Å². The van der Waals surface area contributed by atoms with Crippen LogP contribution in [0, 0.1) is 17.1 Å². The van der Waals surface area contributed by atoms with Crippen molar-refractivity contribution >= 4 is 17.5 Å². The SMILES string of the molecule is CC1CN(c2ccc(C#N)cc2)C(=O)CN1C(=O)Cc1cccc(F)c1. The summed E-state index contributed by atoms with van der Waals surface area (Å²) in [6.45, 7) is 2.24. The van der Waals surface area contributed by atoms with E-state index < -0.39 is 0 Å². The van der Waals surface area contributed by atoms with Gasteiger partial charge in [0.15, 0.2) is 0 Å². The lowest BCUT2D eigenvalue weighted by molar-refractivity contribution is -0.138. The van der Waals surface area contributed by atoms with Gasteiger partial charge in [-0.25, -0.2) is 4.39 Å². The summed E-state index contributed by atoms with van der Waals surface area (Å²) in [6, 6.07) is 14.6. The van der Waals surface area contributed by atoms with E-state index in [1.165, 1.54) is 17.0 Å². The average molecular weight is 351 g/mol. The molecule has 0 bridgehead atoms. The average Bonchev–Trinajstić information content (AvgIpc) is 2.63. The summed E-state index contributed by atoms with van der Waals surface area (Å²) in [6.07, 6.45) is 0.0618. The molecule has 0 aliphatic carbocycles. The van der Waals surface area contributed by atoms with Crippen LogP contribution in [0.4, 0.5) is 10.1 Å². The van der Waals surface area contributed by atoms with E-state index in [1.807, 2.05) is 13.0 Å². The number of nitriles is 1. The van der Waals surface area contributed by atoms with E-state index in [2.05, 4.69) is 0 Å². The van der Waals surface area contributed by atoms with Crippen molar-refractivity contribution in [1.29, 1.82) is 5.26 Å². The van der Waals surface area contributed by atoms with Gasteiger partial charge in [-0.2, -0.15) is 5.26 Å². The third kappa shape index (κ3) is 3.72. The summed E-state index contributed by atoms with van der Waals surface area (Å²) in [5, 5.41) is 8.87. The van der Waals surface area contributed by atoms with Crippen molar-refractivity contribution in [2.24, 2.45) is 0 Å². The molecule has 6 heteroatoms. The summed E-state index contributed by atoms with van der Waals surface area (Å²) >= 11 is 0. The van der Waals surface area contributed by atoms with E-state index in [1.54, 1.807) is 41.3 Å². The molecule has 0 radical (unpaired) electrons. The van der Waals surface area contributed by atoms with Crippen LogP contribution in [0.15, 0.2) is 48.5 Å². The van der Waals surface area contributed by atoms with Crippen molar-refractivity contribution in [2.75, 3.05) is 18.0 Å². The first kappa shape index (κ1) is 17.6. The first-order chi connectivity index (χ1) is 12.5. The van der Waals surface area contributed by atoms with Gasteiger partial charge in [-0.15, -0.1) is 0 Å². The number of carbonyl (C=O) groups is 2. The van der Waals surface area contributed by atoms with Crippen molar-refractivity contribution in [3.05, 3.63) is 65.5 Å². The molecule has 132 valence electrons. The number of piperazine rings is 1. The van der Waals surface area contributed by atoms with Crippen molar-refractivity contribution in [2.45, 2.75) is 19.4 Å². The number of rotatable bonds is 3. The molecule has 1 saturated heterocycles. The summed E-state index contributed by atoms with van der Waals surface area (Å²) in [5.41, 5.74) is 1.82. The largest absolute Gasteiger partial charge is 0.329 e. The van der Waals surface area contributed by atoms with E-state index in [9.17, 15) is 14.0 Å². The molecule has 0 spiro atoms. The molecule has 5 nitrogen and oxygen atoms in total. The smallest absolute Gasteiger partial charge is 0.246 e. The number of anilines is 1. The molecule has 3 rings (SSSR count).